The van der Waals surface area contributed by atoms with Gasteiger partial charge in [-0.1, -0.05) is 0 Å². The molecule has 0 bridgehead atoms. The molecule has 2 rings (SSSR count). The zero-order valence-electron chi connectivity index (χ0n) is 10.5. The van der Waals surface area contributed by atoms with Gasteiger partial charge in [-0.2, -0.15) is 0 Å². The van der Waals surface area contributed by atoms with Crippen LogP contribution in [0.15, 0.2) is 11.4 Å². The molecule has 0 aromatic carbocycles. The van der Waals surface area contributed by atoms with Gasteiger partial charge in [0.05, 0.1) is 13.2 Å². The predicted octanol–water partition coefficient (Wildman–Crippen LogP) is 2.71. The van der Waals surface area contributed by atoms with Gasteiger partial charge in [0.1, 0.15) is 0 Å². The average molecular weight is 239 g/mol. The van der Waals surface area contributed by atoms with Crippen molar-refractivity contribution < 1.29 is 4.74 Å². The van der Waals surface area contributed by atoms with Crippen LogP contribution in [0.3, 0.4) is 0 Å². The molecule has 3 heteroatoms. The molecule has 90 valence electrons. The largest absolute Gasteiger partial charge is 0.379 e. The minimum Gasteiger partial charge on any atom is -0.379 e. The molecule has 0 unspecified atom stereocenters. The first-order valence-electron chi connectivity index (χ1n) is 5.95. The molecule has 0 atom stereocenters. The third kappa shape index (κ3) is 2.84. The smallest absolute Gasteiger partial charge is 0.0594 e. The molecule has 1 aromatic rings. The number of aryl methyl sites for hydroxylation is 1. The van der Waals surface area contributed by atoms with Gasteiger partial charge in [-0.15, -0.1) is 11.3 Å². The Hall–Kier alpha value is -0.380. The summed E-state index contributed by atoms with van der Waals surface area (Å²) in [6, 6.07) is 2.31. The van der Waals surface area contributed by atoms with Crippen molar-refractivity contribution >= 4 is 11.3 Å². The van der Waals surface area contributed by atoms with Crippen LogP contribution in [0.25, 0.3) is 0 Å². The zero-order valence-corrected chi connectivity index (χ0v) is 11.3. The van der Waals surface area contributed by atoms with Gasteiger partial charge in [-0.3, -0.25) is 4.90 Å². The number of hydrogen-bond acceptors (Lipinski definition) is 3. The van der Waals surface area contributed by atoms with Crippen LogP contribution in [0.4, 0.5) is 0 Å². The maximum absolute atomic E-state index is 5.41. The fourth-order valence-electron chi connectivity index (χ4n) is 2.29. The van der Waals surface area contributed by atoms with Crippen LogP contribution in [0.2, 0.25) is 0 Å². The minimum atomic E-state index is 0.251. The Morgan fingerprint density at radius 3 is 2.62 bits per heavy atom. The Balaban J connectivity index is 2.00. The molecule has 2 heterocycles. The second kappa shape index (κ2) is 4.86. The molecule has 1 aliphatic heterocycles. The van der Waals surface area contributed by atoms with Crippen molar-refractivity contribution in [2.45, 2.75) is 32.7 Å². The van der Waals surface area contributed by atoms with E-state index in [2.05, 4.69) is 37.1 Å². The molecule has 16 heavy (non-hydrogen) atoms. The van der Waals surface area contributed by atoms with Gasteiger partial charge < -0.3 is 4.74 Å². The molecule has 1 saturated heterocycles. The van der Waals surface area contributed by atoms with Gasteiger partial charge in [0.25, 0.3) is 0 Å². The monoisotopic (exact) mass is 239 g/mol. The molecule has 2 nitrogen and oxygen atoms in total. The van der Waals surface area contributed by atoms with E-state index in [0.29, 0.717) is 0 Å². The van der Waals surface area contributed by atoms with Gasteiger partial charge in [-0.05, 0) is 44.2 Å². The van der Waals surface area contributed by atoms with E-state index < -0.39 is 0 Å². The quantitative estimate of drug-likeness (QED) is 0.804. The summed E-state index contributed by atoms with van der Waals surface area (Å²) < 4.78 is 5.41. The normalized spacial score (nSPS) is 18.9. The Kier molecular flexibility index (Phi) is 3.67. The van der Waals surface area contributed by atoms with E-state index in [9.17, 15) is 0 Å². The highest BCUT2D eigenvalue weighted by Gasteiger charge is 2.28. The van der Waals surface area contributed by atoms with E-state index in [-0.39, 0.29) is 5.54 Å². The Morgan fingerprint density at radius 2 is 2.06 bits per heavy atom. The maximum Gasteiger partial charge on any atom is 0.0594 e. The molecule has 0 spiro atoms. The third-order valence-corrected chi connectivity index (χ3v) is 4.31. The topological polar surface area (TPSA) is 12.5 Å². The number of rotatable bonds is 3. The van der Waals surface area contributed by atoms with Crippen LogP contribution in [0.5, 0.6) is 0 Å². The van der Waals surface area contributed by atoms with Crippen LogP contribution in [0.1, 0.15) is 24.3 Å². The summed E-state index contributed by atoms with van der Waals surface area (Å²) in [7, 11) is 0. The first kappa shape index (κ1) is 12.1. The number of thiophene rings is 1. The number of morpholine rings is 1. The van der Waals surface area contributed by atoms with Crippen LogP contribution < -0.4 is 0 Å². The van der Waals surface area contributed by atoms with Crippen molar-refractivity contribution in [1.82, 2.24) is 4.90 Å². The van der Waals surface area contributed by atoms with E-state index in [0.717, 1.165) is 32.7 Å². The molecule has 0 aliphatic carbocycles. The highest BCUT2D eigenvalue weighted by atomic mass is 32.1. The molecule has 0 amide bonds. The molecule has 1 aromatic heterocycles. The lowest BCUT2D eigenvalue weighted by molar-refractivity contribution is -0.00960. The Bertz CT molecular complexity index is 339. The van der Waals surface area contributed by atoms with Gasteiger partial charge >= 0.3 is 0 Å². The zero-order chi connectivity index (χ0) is 11.6. The SMILES string of the molecule is Cc1csc(CC(C)(C)N2CCOCC2)c1. The van der Waals surface area contributed by atoms with Crippen molar-refractivity contribution in [3.8, 4) is 0 Å². The molecule has 1 aliphatic rings. The second-order valence-electron chi connectivity index (χ2n) is 5.18. The average Bonchev–Trinajstić information content (AvgIpc) is 2.64. The van der Waals surface area contributed by atoms with E-state index in [4.69, 9.17) is 4.74 Å². The van der Waals surface area contributed by atoms with Crippen molar-refractivity contribution in [3.63, 3.8) is 0 Å². The Labute approximate surface area is 102 Å². The van der Waals surface area contributed by atoms with Crippen LogP contribution >= 0.6 is 11.3 Å². The summed E-state index contributed by atoms with van der Waals surface area (Å²) in [5.74, 6) is 0. The second-order valence-corrected chi connectivity index (χ2v) is 6.17. The van der Waals surface area contributed by atoms with Crippen molar-refractivity contribution in [1.29, 1.82) is 0 Å². The predicted molar refractivity (Wildman–Crippen MR) is 69.2 cm³/mol. The van der Waals surface area contributed by atoms with E-state index in [1.54, 1.807) is 0 Å². The molecule has 0 N–H and O–H groups in total. The Morgan fingerprint density at radius 1 is 1.38 bits per heavy atom. The molecular formula is C13H21NOS. The lowest BCUT2D eigenvalue weighted by Crippen LogP contribution is -2.50. The summed E-state index contributed by atoms with van der Waals surface area (Å²) >= 11 is 1.88. The summed E-state index contributed by atoms with van der Waals surface area (Å²) in [6.07, 6.45) is 1.14. The fraction of sp³-hybridized carbons (Fsp3) is 0.692. The first-order chi connectivity index (χ1) is 7.58. The summed E-state index contributed by atoms with van der Waals surface area (Å²) in [6.45, 7) is 10.7. The van der Waals surface area contributed by atoms with Crippen molar-refractivity contribution in [2.24, 2.45) is 0 Å². The van der Waals surface area contributed by atoms with Crippen LogP contribution in [-0.2, 0) is 11.2 Å². The molecule has 0 saturated carbocycles. The van der Waals surface area contributed by atoms with Crippen LogP contribution in [0, 0.1) is 6.92 Å². The number of hydrogen-bond donors (Lipinski definition) is 0. The number of nitrogens with zero attached hydrogens (tertiary/aromatic N) is 1. The van der Waals surface area contributed by atoms with Gasteiger partial charge in [0.2, 0.25) is 0 Å². The maximum atomic E-state index is 5.41. The van der Waals surface area contributed by atoms with E-state index >= 15 is 0 Å². The first-order valence-corrected chi connectivity index (χ1v) is 6.83. The van der Waals surface area contributed by atoms with E-state index in [1.165, 1.54) is 10.4 Å². The summed E-state index contributed by atoms with van der Waals surface area (Å²) in [4.78, 5) is 4.04. The van der Waals surface area contributed by atoms with Gasteiger partial charge in [0.15, 0.2) is 0 Å². The van der Waals surface area contributed by atoms with Crippen LogP contribution in [-0.4, -0.2) is 36.7 Å². The van der Waals surface area contributed by atoms with Crippen molar-refractivity contribution in [2.75, 3.05) is 26.3 Å². The highest BCUT2D eigenvalue weighted by molar-refractivity contribution is 7.10. The molecule has 0 radical (unpaired) electrons. The van der Waals surface area contributed by atoms with Crippen molar-refractivity contribution in [3.05, 3.63) is 21.9 Å². The van der Waals surface area contributed by atoms with E-state index in [1.807, 2.05) is 11.3 Å². The summed E-state index contributed by atoms with van der Waals surface area (Å²) in [5, 5.41) is 2.24. The van der Waals surface area contributed by atoms with Gasteiger partial charge in [-0.25, -0.2) is 0 Å². The molecule has 1 fully saturated rings. The highest BCUT2D eigenvalue weighted by Crippen LogP contribution is 2.25. The third-order valence-electron chi connectivity index (χ3n) is 3.26. The number of ether oxygens (including phenoxy) is 1. The van der Waals surface area contributed by atoms with Gasteiger partial charge in [0, 0.05) is 23.5 Å². The fourth-order valence-corrected chi connectivity index (χ4v) is 3.39. The lowest BCUT2D eigenvalue weighted by atomic mass is 9.96. The summed E-state index contributed by atoms with van der Waals surface area (Å²) in [5.41, 5.74) is 1.64. The lowest BCUT2D eigenvalue weighted by Gasteiger charge is -2.40. The minimum absolute atomic E-state index is 0.251. The molecular weight excluding hydrogens is 218 g/mol. The standard InChI is InChI=1S/C13H21NOS/c1-11-8-12(16-10-11)9-13(2,3)14-4-6-15-7-5-14/h8,10H,4-7,9H2,1-3H3.